The number of hydrogen-bond donors (Lipinski definition) is 1. The summed E-state index contributed by atoms with van der Waals surface area (Å²) >= 11 is 0. The number of amides is 1. The molecule has 2 aliphatic rings. The second kappa shape index (κ2) is 9.30. The van der Waals surface area contributed by atoms with E-state index in [0.29, 0.717) is 18.9 Å². The fourth-order valence-corrected chi connectivity index (χ4v) is 4.03. The predicted octanol–water partition coefficient (Wildman–Crippen LogP) is 4.97. The van der Waals surface area contributed by atoms with Crippen LogP contribution in [-0.4, -0.2) is 44.0 Å². The molecule has 0 spiro atoms. The fourth-order valence-electron chi connectivity index (χ4n) is 4.03. The van der Waals surface area contributed by atoms with Crippen molar-refractivity contribution < 1.29 is 14.3 Å². The van der Waals surface area contributed by atoms with Crippen molar-refractivity contribution in [2.75, 3.05) is 32.6 Å². The summed E-state index contributed by atoms with van der Waals surface area (Å²) < 4.78 is 11.4. The molecule has 6 nitrogen and oxygen atoms in total. The van der Waals surface area contributed by atoms with E-state index in [-0.39, 0.29) is 11.8 Å². The highest BCUT2D eigenvalue weighted by Crippen LogP contribution is 2.39. The maximum absolute atomic E-state index is 12.7. The first-order valence-electron chi connectivity index (χ1n) is 10.7. The number of nitrogens with zero attached hydrogens (tertiary/aromatic N) is 2. The highest BCUT2D eigenvalue weighted by atomic mass is 16.5. The van der Waals surface area contributed by atoms with Crippen molar-refractivity contribution in [3.05, 3.63) is 48.0 Å². The standard InChI is InChI=1S/C24H29N3O3/c1-27(14-15-29-2)23-19-16-18(25-24(28)17-8-4-3-5-9-17)12-13-21(19)30-22-11-7-6-10-20(22)26-23/h6-7,10-13,16-17H,3-5,8-9,14-15H2,1-2H3,(H,25,28). The maximum atomic E-state index is 12.7. The summed E-state index contributed by atoms with van der Waals surface area (Å²) in [5, 5.41) is 3.11. The molecular formula is C24H29N3O3. The summed E-state index contributed by atoms with van der Waals surface area (Å²) in [5.74, 6) is 2.45. The Labute approximate surface area is 177 Å². The Morgan fingerprint density at radius 1 is 1.17 bits per heavy atom. The van der Waals surface area contributed by atoms with Crippen molar-refractivity contribution in [2.24, 2.45) is 10.9 Å². The molecule has 0 aromatic heterocycles. The third-order valence-electron chi connectivity index (χ3n) is 5.77. The summed E-state index contributed by atoms with van der Waals surface area (Å²) in [7, 11) is 3.68. The van der Waals surface area contributed by atoms with Crippen LogP contribution in [0.4, 0.5) is 11.4 Å². The van der Waals surface area contributed by atoms with E-state index in [0.717, 1.165) is 54.2 Å². The van der Waals surface area contributed by atoms with Crippen LogP contribution < -0.4 is 10.1 Å². The highest BCUT2D eigenvalue weighted by Gasteiger charge is 2.24. The van der Waals surface area contributed by atoms with Gasteiger partial charge in [0, 0.05) is 32.3 Å². The quantitative estimate of drug-likeness (QED) is 0.760. The lowest BCUT2D eigenvalue weighted by molar-refractivity contribution is -0.120. The molecule has 6 heteroatoms. The van der Waals surface area contributed by atoms with Gasteiger partial charge in [-0.3, -0.25) is 4.79 Å². The van der Waals surface area contributed by atoms with Crippen LogP contribution in [0.3, 0.4) is 0 Å². The highest BCUT2D eigenvalue weighted by molar-refractivity contribution is 6.05. The number of benzene rings is 2. The lowest BCUT2D eigenvalue weighted by Gasteiger charge is -2.23. The van der Waals surface area contributed by atoms with Gasteiger partial charge in [0.25, 0.3) is 0 Å². The van der Waals surface area contributed by atoms with Crippen molar-refractivity contribution >= 4 is 23.1 Å². The van der Waals surface area contributed by atoms with Gasteiger partial charge in [0.2, 0.25) is 5.91 Å². The molecule has 0 atom stereocenters. The van der Waals surface area contributed by atoms with Crippen LogP contribution in [0, 0.1) is 5.92 Å². The second-order valence-corrected chi connectivity index (χ2v) is 7.95. The molecule has 1 amide bonds. The minimum Gasteiger partial charge on any atom is -0.454 e. The minimum atomic E-state index is 0.107. The molecule has 0 unspecified atom stereocenters. The normalized spacial score (nSPS) is 15.9. The first-order chi connectivity index (χ1) is 14.7. The number of carbonyl (C=O) groups is 1. The Balaban J connectivity index is 1.66. The van der Waals surface area contributed by atoms with Gasteiger partial charge in [-0.15, -0.1) is 0 Å². The molecule has 2 aromatic carbocycles. The number of anilines is 1. The number of fused-ring (bicyclic) bond motifs is 2. The van der Waals surface area contributed by atoms with Crippen LogP contribution in [0.2, 0.25) is 0 Å². The molecule has 30 heavy (non-hydrogen) atoms. The number of para-hydroxylation sites is 2. The van der Waals surface area contributed by atoms with Crippen LogP contribution in [-0.2, 0) is 9.53 Å². The Kier molecular flexibility index (Phi) is 6.33. The van der Waals surface area contributed by atoms with Crippen LogP contribution in [0.25, 0.3) is 0 Å². The van der Waals surface area contributed by atoms with Gasteiger partial charge in [-0.25, -0.2) is 4.99 Å². The average molecular weight is 408 g/mol. The molecule has 1 heterocycles. The molecule has 0 saturated heterocycles. The van der Waals surface area contributed by atoms with Crippen LogP contribution in [0.15, 0.2) is 47.5 Å². The maximum Gasteiger partial charge on any atom is 0.227 e. The van der Waals surface area contributed by atoms with Crippen LogP contribution in [0.1, 0.15) is 37.7 Å². The predicted molar refractivity (Wildman–Crippen MR) is 119 cm³/mol. The van der Waals surface area contributed by atoms with Gasteiger partial charge in [-0.05, 0) is 43.2 Å². The van der Waals surface area contributed by atoms with Gasteiger partial charge in [-0.1, -0.05) is 31.4 Å². The van der Waals surface area contributed by atoms with Crippen molar-refractivity contribution in [1.29, 1.82) is 0 Å². The van der Waals surface area contributed by atoms with E-state index in [1.807, 2.05) is 49.5 Å². The SMILES string of the molecule is COCCN(C)C1=Nc2ccccc2Oc2ccc(NC(=O)C3CCCCC3)cc21. The Bertz CT molecular complexity index is 935. The van der Waals surface area contributed by atoms with Gasteiger partial charge in [0.1, 0.15) is 17.3 Å². The molecule has 2 aromatic rings. The third kappa shape index (κ3) is 4.49. The summed E-state index contributed by atoms with van der Waals surface area (Å²) in [6.45, 7) is 1.28. The van der Waals surface area contributed by atoms with Crippen molar-refractivity contribution in [3.8, 4) is 11.5 Å². The van der Waals surface area contributed by atoms with Crippen molar-refractivity contribution in [1.82, 2.24) is 4.90 Å². The lowest BCUT2D eigenvalue weighted by atomic mass is 9.88. The van der Waals surface area contributed by atoms with E-state index >= 15 is 0 Å². The second-order valence-electron chi connectivity index (χ2n) is 7.95. The van der Waals surface area contributed by atoms with E-state index in [9.17, 15) is 4.79 Å². The van der Waals surface area contributed by atoms with E-state index < -0.39 is 0 Å². The van der Waals surface area contributed by atoms with E-state index in [1.165, 1.54) is 6.42 Å². The Morgan fingerprint density at radius 2 is 1.97 bits per heavy atom. The summed E-state index contributed by atoms with van der Waals surface area (Å²) in [4.78, 5) is 19.7. The number of hydrogen-bond acceptors (Lipinski definition) is 5. The fraction of sp³-hybridized carbons (Fsp3) is 0.417. The van der Waals surface area contributed by atoms with Gasteiger partial charge in [0.05, 0.1) is 12.2 Å². The Morgan fingerprint density at radius 3 is 2.77 bits per heavy atom. The first-order valence-corrected chi connectivity index (χ1v) is 10.7. The molecular weight excluding hydrogens is 378 g/mol. The number of methoxy groups -OCH3 is 1. The number of aliphatic imine (C=N–C) groups is 1. The zero-order chi connectivity index (χ0) is 20.9. The average Bonchev–Trinajstić information content (AvgIpc) is 2.94. The van der Waals surface area contributed by atoms with Gasteiger partial charge in [-0.2, -0.15) is 0 Å². The zero-order valence-electron chi connectivity index (χ0n) is 17.7. The van der Waals surface area contributed by atoms with Crippen LogP contribution >= 0.6 is 0 Å². The van der Waals surface area contributed by atoms with Crippen LogP contribution in [0.5, 0.6) is 11.5 Å². The summed E-state index contributed by atoms with van der Waals surface area (Å²) in [5.41, 5.74) is 2.40. The van der Waals surface area contributed by atoms with Gasteiger partial charge in [0.15, 0.2) is 5.75 Å². The van der Waals surface area contributed by atoms with E-state index in [4.69, 9.17) is 14.5 Å². The number of amidine groups is 1. The monoisotopic (exact) mass is 407 g/mol. The molecule has 0 radical (unpaired) electrons. The van der Waals surface area contributed by atoms with E-state index in [1.54, 1.807) is 7.11 Å². The topological polar surface area (TPSA) is 63.2 Å². The Hall–Kier alpha value is -2.86. The third-order valence-corrected chi connectivity index (χ3v) is 5.77. The zero-order valence-corrected chi connectivity index (χ0v) is 17.7. The molecule has 1 N–H and O–H groups in total. The largest absolute Gasteiger partial charge is 0.454 e. The molecule has 1 aliphatic heterocycles. The van der Waals surface area contributed by atoms with Crippen molar-refractivity contribution in [3.63, 3.8) is 0 Å². The molecule has 1 saturated carbocycles. The molecule has 158 valence electrons. The lowest BCUT2D eigenvalue weighted by Crippen LogP contribution is -2.31. The number of ether oxygens (including phenoxy) is 2. The summed E-state index contributed by atoms with van der Waals surface area (Å²) in [6, 6.07) is 13.5. The molecule has 0 bridgehead atoms. The van der Waals surface area contributed by atoms with Gasteiger partial charge >= 0.3 is 0 Å². The smallest absolute Gasteiger partial charge is 0.227 e. The minimum absolute atomic E-state index is 0.107. The number of likely N-dealkylation sites (N-methyl/N-ethyl adjacent to an activating group) is 1. The van der Waals surface area contributed by atoms with Crippen molar-refractivity contribution in [2.45, 2.75) is 32.1 Å². The van der Waals surface area contributed by atoms with E-state index in [2.05, 4.69) is 10.2 Å². The van der Waals surface area contributed by atoms with Gasteiger partial charge < -0.3 is 19.7 Å². The molecule has 4 rings (SSSR count). The number of carbonyl (C=O) groups excluding carboxylic acids is 1. The summed E-state index contributed by atoms with van der Waals surface area (Å²) in [6.07, 6.45) is 5.45. The number of rotatable bonds is 5. The molecule has 1 aliphatic carbocycles. The first kappa shape index (κ1) is 20.4. The number of nitrogens with one attached hydrogen (secondary N) is 1. The molecule has 1 fully saturated rings.